The van der Waals surface area contributed by atoms with Crippen molar-refractivity contribution >= 4 is 11.8 Å². The Hall–Kier alpha value is -2.11. The molecule has 0 amide bonds. The molecule has 2 heterocycles. The van der Waals surface area contributed by atoms with Gasteiger partial charge in [-0.3, -0.25) is 4.57 Å². The summed E-state index contributed by atoms with van der Waals surface area (Å²) in [5.74, 6) is 1.79. The van der Waals surface area contributed by atoms with E-state index in [9.17, 15) is 0 Å². The molecule has 0 spiro atoms. The molecule has 1 unspecified atom stereocenters. The Morgan fingerprint density at radius 2 is 2.00 bits per heavy atom. The molecule has 1 saturated heterocycles. The second-order valence-electron chi connectivity index (χ2n) is 6.29. The molecule has 128 valence electrons. The fraction of sp³-hybridized carbons (Fsp3) is 0.300. The number of rotatable bonds is 5. The van der Waals surface area contributed by atoms with Gasteiger partial charge in [-0.05, 0) is 38.0 Å². The third-order valence-electron chi connectivity index (χ3n) is 4.35. The first kappa shape index (κ1) is 16.4. The van der Waals surface area contributed by atoms with Crippen LogP contribution in [0.25, 0.3) is 17.1 Å². The monoisotopic (exact) mass is 351 g/mol. The highest BCUT2D eigenvalue weighted by atomic mass is 32.2. The minimum atomic E-state index is 0.327. The van der Waals surface area contributed by atoms with E-state index in [1.807, 2.05) is 18.2 Å². The van der Waals surface area contributed by atoms with E-state index in [0.29, 0.717) is 6.10 Å². The standard InChI is InChI=1S/C20H21N3OS/c1-15-7-5-8-16(13-15)19-21-22-20(25-14-18-11-6-12-24-18)23(19)17-9-3-2-4-10-17/h2-5,7-10,13,18H,6,11-12,14H2,1H3. The van der Waals surface area contributed by atoms with Gasteiger partial charge in [-0.1, -0.05) is 53.7 Å². The van der Waals surface area contributed by atoms with Crippen LogP contribution in [0.2, 0.25) is 0 Å². The molecule has 1 atom stereocenters. The van der Waals surface area contributed by atoms with Gasteiger partial charge in [-0.2, -0.15) is 0 Å². The number of hydrogen-bond donors (Lipinski definition) is 0. The maximum Gasteiger partial charge on any atom is 0.196 e. The quantitative estimate of drug-likeness (QED) is 0.634. The van der Waals surface area contributed by atoms with Crippen LogP contribution in [-0.2, 0) is 4.74 Å². The molecule has 25 heavy (non-hydrogen) atoms. The van der Waals surface area contributed by atoms with Gasteiger partial charge in [0.15, 0.2) is 11.0 Å². The molecule has 1 fully saturated rings. The lowest BCUT2D eigenvalue weighted by Gasteiger charge is -2.12. The predicted molar refractivity (Wildman–Crippen MR) is 101 cm³/mol. The normalized spacial score (nSPS) is 17.1. The van der Waals surface area contributed by atoms with Crippen molar-refractivity contribution in [2.24, 2.45) is 0 Å². The van der Waals surface area contributed by atoms with E-state index in [-0.39, 0.29) is 0 Å². The Labute approximate surface area is 152 Å². The summed E-state index contributed by atoms with van der Waals surface area (Å²) in [6.07, 6.45) is 2.62. The second-order valence-corrected chi connectivity index (χ2v) is 7.28. The predicted octanol–water partition coefficient (Wildman–Crippen LogP) is 4.51. The van der Waals surface area contributed by atoms with Crippen molar-refractivity contribution < 1.29 is 4.74 Å². The van der Waals surface area contributed by atoms with Gasteiger partial charge >= 0.3 is 0 Å². The van der Waals surface area contributed by atoms with Crippen LogP contribution in [0.4, 0.5) is 0 Å². The van der Waals surface area contributed by atoms with Crippen molar-refractivity contribution in [3.8, 4) is 17.1 Å². The number of aromatic nitrogens is 3. The lowest BCUT2D eigenvalue weighted by atomic mass is 10.1. The van der Waals surface area contributed by atoms with Gasteiger partial charge in [0, 0.05) is 23.6 Å². The van der Waals surface area contributed by atoms with Crippen LogP contribution in [0, 0.1) is 6.92 Å². The maximum absolute atomic E-state index is 5.75. The van der Waals surface area contributed by atoms with Crippen molar-refractivity contribution in [3.05, 3.63) is 60.2 Å². The molecular weight excluding hydrogens is 330 g/mol. The molecule has 1 aliphatic rings. The molecule has 3 aromatic rings. The number of nitrogens with zero attached hydrogens (tertiary/aromatic N) is 3. The number of thioether (sulfide) groups is 1. The van der Waals surface area contributed by atoms with Crippen LogP contribution in [0.1, 0.15) is 18.4 Å². The molecule has 2 aromatic carbocycles. The molecule has 1 aromatic heterocycles. The summed E-state index contributed by atoms with van der Waals surface area (Å²) in [5, 5.41) is 9.90. The zero-order chi connectivity index (χ0) is 17.1. The van der Waals surface area contributed by atoms with Gasteiger partial charge in [0.25, 0.3) is 0 Å². The van der Waals surface area contributed by atoms with Gasteiger partial charge in [-0.25, -0.2) is 0 Å². The largest absolute Gasteiger partial charge is 0.377 e. The minimum absolute atomic E-state index is 0.327. The molecule has 0 N–H and O–H groups in total. The fourth-order valence-corrected chi connectivity index (χ4v) is 4.11. The lowest BCUT2D eigenvalue weighted by Crippen LogP contribution is -2.09. The first-order chi connectivity index (χ1) is 12.3. The highest BCUT2D eigenvalue weighted by Gasteiger charge is 2.20. The van der Waals surface area contributed by atoms with E-state index >= 15 is 0 Å². The Bertz CT molecular complexity index is 841. The van der Waals surface area contributed by atoms with Crippen LogP contribution >= 0.6 is 11.8 Å². The number of para-hydroxylation sites is 1. The summed E-state index contributed by atoms with van der Waals surface area (Å²) < 4.78 is 7.90. The summed E-state index contributed by atoms with van der Waals surface area (Å²) in [6.45, 7) is 2.98. The molecular formula is C20H21N3OS. The Morgan fingerprint density at radius 3 is 2.76 bits per heavy atom. The van der Waals surface area contributed by atoms with Crippen LogP contribution in [0.3, 0.4) is 0 Å². The maximum atomic E-state index is 5.75. The van der Waals surface area contributed by atoms with Crippen molar-refractivity contribution in [1.82, 2.24) is 14.8 Å². The zero-order valence-corrected chi connectivity index (χ0v) is 15.1. The third-order valence-corrected chi connectivity index (χ3v) is 5.41. The summed E-state index contributed by atoms with van der Waals surface area (Å²) in [6, 6.07) is 18.7. The zero-order valence-electron chi connectivity index (χ0n) is 14.3. The summed E-state index contributed by atoms with van der Waals surface area (Å²) in [4.78, 5) is 0. The van der Waals surface area contributed by atoms with Crippen molar-refractivity contribution in [2.45, 2.75) is 31.0 Å². The Kier molecular flexibility index (Phi) is 4.85. The minimum Gasteiger partial charge on any atom is -0.377 e. The van der Waals surface area contributed by atoms with Crippen LogP contribution in [-0.4, -0.2) is 33.2 Å². The van der Waals surface area contributed by atoms with Crippen molar-refractivity contribution in [1.29, 1.82) is 0 Å². The van der Waals surface area contributed by atoms with Crippen LogP contribution < -0.4 is 0 Å². The van der Waals surface area contributed by atoms with E-state index in [4.69, 9.17) is 4.74 Å². The lowest BCUT2D eigenvalue weighted by molar-refractivity contribution is 0.129. The molecule has 1 aliphatic heterocycles. The highest BCUT2D eigenvalue weighted by Crippen LogP contribution is 2.30. The van der Waals surface area contributed by atoms with E-state index in [2.05, 4.69) is 58.1 Å². The SMILES string of the molecule is Cc1cccc(-c2nnc(SCC3CCCO3)n2-c2ccccc2)c1. The Morgan fingerprint density at radius 1 is 1.12 bits per heavy atom. The summed E-state index contributed by atoms with van der Waals surface area (Å²) in [5.41, 5.74) is 3.38. The fourth-order valence-electron chi connectivity index (χ4n) is 3.09. The molecule has 0 aliphatic carbocycles. The topological polar surface area (TPSA) is 39.9 Å². The molecule has 0 radical (unpaired) electrons. The molecule has 5 heteroatoms. The van der Waals surface area contributed by atoms with Gasteiger partial charge in [0.2, 0.25) is 0 Å². The second kappa shape index (κ2) is 7.42. The average Bonchev–Trinajstić information content (AvgIpc) is 3.30. The number of benzene rings is 2. The molecule has 4 nitrogen and oxygen atoms in total. The summed E-state index contributed by atoms with van der Waals surface area (Å²) in [7, 11) is 0. The first-order valence-electron chi connectivity index (χ1n) is 8.63. The van der Waals surface area contributed by atoms with E-state index in [1.54, 1.807) is 11.8 Å². The number of ether oxygens (including phenoxy) is 1. The Balaban J connectivity index is 1.71. The van der Waals surface area contributed by atoms with Gasteiger partial charge < -0.3 is 4.74 Å². The molecule has 0 bridgehead atoms. The average molecular weight is 351 g/mol. The van der Waals surface area contributed by atoms with E-state index < -0.39 is 0 Å². The van der Waals surface area contributed by atoms with Gasteiger partial charge in [-0.15, -0.1) is 10.2 Å². The molecule has 0 saturated carbocycles. The van der Waals surface area contributed by atoms with E-state index in [0.717, 1.165) is 47.4 Å². The van der Waals surface area contributed by atoms with Gasteiger partial charge in [0.05, 0.1) is 6.10 Å². The van der Waals surface area contributed by atoms with Crippen molar-refractivity contribution in [3.63, 3.8) is 0 Å². The highest BCUT2D eigenvalue weighted by molar-refractivity contribution is 7.99. The smallest absolute Gasteiger partial charge is 0.196 e. The van der Waals surface area contributed by atoms with Crippen LogP contribution in [0.5, 0.6) is 0 Å². The summed E-state index contributed by atoms with van der Waals surface area (Å²) >= 11 is 1.72. The number of hydrogen-bond acceptors (Lipinski definition) is 4. The number of aryl methyl sites for hydroxylation is 1. The first-order valence-corrected chi connectivity index (χ1v) is 9.62. The van der Waals surface area contributed by atoms with E-state index in [1.165, 1.54) is 5.56 Å². The van der Waals surface area contributed by atoms with Crippen LogP contribution in [0.15, 0.2) is 59.8 Å². The van der Waals surface area contributed by atoms with Gasteiger partial charge in [0.1, 0.15) is 0 Å². The third kappa shape index (κ3) is 3.62. The van der Waals surface area contributed by atoms with Crippen molar-refractivity contribution in [2.75, 3.05) is 12.4 Å². The molecule has 4 rings (SSSR count).